The molecule has 2 unspecified atom stereocenters. The maximum atomic E-state index is 12.8. The van der Waals surface area contributed by atoms with E-state index in [-0.39, 0.29) is 35.9 Å². The molecule has 0 saturated heterocycles. The Morgan fingerprint density at radius 2 is 1.34 bits per heavy atom. The van der Waals surface area contributed by atoms with Crippen LogP contribution >= 0.6 is 12.4 Å². The Hall–Kier alpha value is -6.59. The third-order valence-corrected chi connectivity index (χ3v) is 10.9. The second-order valence-electron chi connectivity index (χ2n) is 15.4. The molecule has 4 aliphatic rings. The number of H-pyrrole nitrogens is 1. The minimum atomic E-state index is -1.38. The SMILES string of the molecule is Cl.N=C(N=C(N)Cc1ccccc1)C(=O)O.NC1CCc2oc3c(c2NC1=O)CCCC3.O=C(NC1CCc2oc3c(c2NC1=O)CCCC3)c1n[nH]c(Cc2ccccc2)n1. The molecule has 62 heavy (non-hydrogen) atoms. The van der Waals surface area contributed by atoms with Gasteiger partial charge in [0.1, 0.15) is 40.7 Å². The molecule has 0 bridgehead atoms. The normalized spacial score (nSPS) is 17.7. The molecule has 9 rings (SSSR count). The first-order chi connectivity index (χ1) is 29.5. The molecule has 2 aliphatic heterocycles. The molecular weight excluding hydrogens is 816 g/mol. The van der Waals surface area contributed by atoms with E-state index in [0.29, 0.717) is 37.9 Å². The summed E-state index contributed by atoms with van der Waals surface area (Å²) < 4.78 is 11.8. The number of carboxylic acids is 1. The van der Waals surface area contributed by atoms with Crippen LogP contribution in [0.1, 0.15) is 100 Å². The zero-order valence-electron chi connectivity index (χ0n) is 34.1. The number of halogens is 1. The van der Waals surface area contributed by atoms with E-state index < -0.39 is 29.8 Å². The lowest BCUT2D eigenvalue weighted by atomic mass is 9.97. The van der Waals surface area contributed by atoms with Gasteiger partial charge >= 0.3 is 5.97 Å². The number of carbonyl (C=O) groups is 4. The molecule has 2 atom stereocenters. The fourth-order valence-electron chi connectivity index (χ4n) is 7.80. The van der Waals surface area contributed by atoms with Crippen LogP contribution in [-0.4, -0.2) is 67.7 Å². The van der Waals surface area contributed by atoms with Crippen LogP contribution in [0.3, 0.4) is 0 Å². The molecule has 3 amide bonds. The molecule has 3 aromatic heterocycles. The number of furan rings is 2. The highest BCUT2D eigenvalue weighted by Crippen LogP contribution is 2.37. The van der Waals surface area contributed by atoms with E-state index >= 15 is 0 Å². The molecule has 17 nitrogen and oxygen atoms in total. The molecule has 0 saturated carbocycles. The van der Waals surface area contributed by atoms with Crippen molar-refractivity contribution in [2.75, 3.05) is 10.6 Å². The Labute approximate surface area is 363 Å². The first kappa shape index (κ1) is 44.9. The Morgan fingerprint density at radius 1 is 0.790 bits per heavy atom. The summed E-state index contributed by atoms with van der Waals surface area (Å²) in [6.07, 6.45) is 11.9. The fourth-order valence-corrected chi connectivity index (χ4v) is 7.80. The van der Waals surface area contributed by atoms with Crippen molar-refractivity contribution in [3.05, 3.63) is 118 Å². The van der Waals surface area contributed by atoms with Gasteiger partial charge in [-0.05, 0) is 62.5 Å². The lowest BCUT2D eigenvalue weighted by Gasteiger charge is -2.15. The smallest absolute Gasteiger partial charge is 0.373 e. The highest BCUT2D eigenvalue weighted by molar-refractivity contribution is 6.35. The van der Waals surface area contributed by atoms with Gasteiger partial charge in [-0.25, -0.2) is 14.8 Å². The van der Waals surface area contributed by atoms with Crippen molar-refractivity contribution in [3.63, 3.8) is 0 Å². The van der Waals surface area contributed by atoms with Gasteiger partial charge in [-0.3, -0.25) is 24.9 Å². The number of fused-ring (bicyclic) bond motifs is 6. The molecule has 10 N–H and O–H groups in total. The number of aryl methyl sites for hydroxylation is 4. The quantitative estimate of drug-likeness (QED) is 0.0831. The zero-order valence-corrected chi connectivity index (χ0v) is 34.9. The van der Waals surface area contributed by atoms with Crippen molar-refractivity contribution in [1.29, 1.82) is 5.41 Å². The topological polar surface area (TPSA) is 281 Å². The number of rotatable bonds is 6. The zero-order chi connectivity index (χ0) is 42.9. The van der Waals surface area contributed by atoms with E-state index in [1.165, 1.54) is 18.4 Å². The summed E-state index contributed by atoms with van der Waals surface area (Å²) in [7, 11) is 0. The minimum Gasteiger partial charge on any atom is -0.475 e. The van der Waals surface area contributed by atoms with Crippen molar-refractivity contribution in [2.45, 2.75) is 102 Å². The van der Waals surface area contributed by atoms with Gasteiger partial charge in [0.15, 0.2) is 0 Å². The number of amides is 3. The second-order valence-corrected chi connectivity index (χ2v) is 15.4. The highest BCUT2D eigenvalue weighted by atomic mass is 35.5. The van der Waals surface area contributed by atoms with Crippen LogP contribution in [0.15, 0.2) is 74.5 Å². The molecular formula is C44H51ClN10O7. The van der Waals surface area contributed by atoms with Gasteiger partial charge in [-0.2, -0.15) is 0 Å². The lowest BCUT2D eigenvalue weighted by Crippen LogP contribution is -2.43. The number of carbonyl (C=O) groups excluding carboxylic acids is 3. The van der Waals surface area contributed by atoms with E-state index in [4.69, 9.17) is 30.8 Å². The number of aliphatic imine (C=N–C) groups is 1. The number of aromatic amines is 1. The van der Waals surface area contributed by atoms with Crippen LogP contribution in [0.2, 0.25) is 0 Å². The average Bonchev–Trinajstić information content (AvgIpc) is 3.92. The second kappa shape index (κ2) is 20.8. The third kappa shape index (κ3) is 11.2. The number of nitrogens with zero attached hydrogens (tertiary/aromatic N) is 3. The maximum Gasteiger partial charge on any atom is 0.373 e. The molecule has 2 aromatic carbocycles. The monoisotopic (exact) mass is 866 g/mol. The van der Waals surface area contributed by atoms with E-state index in [9.17, 15) is 19.2 Å². The Balaban J connectivity index is 0.000000170. The molecule has 326 valence electrons. The summed E-state index contributed by atoms with van der Waals surface area (Å²) in [4.78, 5) is 55.1. The number of hydrogen-bond acceptors (Lipinski definition) is 10. The van der Waals surface area contributed by atoms with Crippen molar-refractivity contribution >= 4 is 59.1 Å². The van der Waals surface area contributed by atoms with Gasteiger partial charge in [0, 0.05) is 49.7 Å². The van der Waals surface area contributed by atoms with Gasteiger partial charge in [-0.15, -0.1) is 17.5 Å². The first-order valence-electron chi connectivity index (χ1n) is 20.6. The number of benzene rings is 2. The van der Waals surface area contributed by atoms with E-state index in [0.717, 1.165) is 96.1 Å². The largest absolute Gasteiger partial charge is 0.475 e. The summed E-state index contributed by atoms with van der Waals surface area (Å²) in [6.45, 7) is 0. The predicted octanol–water partition coefficient (Wildman–Crippen LogP) is 4.99. The molecule has 0 spiro atoms. The van der Waals surface area contributed by atoms with Gasteiger partial charge in [-0.1, -0.05) is 60.7 Å². The van der Waals surface area contributed by atoms with Crippen LogP contribution in [0.25, 0.3) is 0 Å². The standard InChI is InChI=1S/C22H23N5O3.C12H16N2O2.C10H11N3O2.ClH/c28-21-15(10-11-17-19(25-21)14-8-4-5-9-16(14)30-17)23-22(29)20-24-18(26-27-20)12-13-6-2-1-3-7-13;13-8-5-6-10-11(14-12(8)15)7-3-1-2-4-9(7)16-10;11-8(13-9(12)10(14)15)6-7-4-2-1-3-5-7;/h1-3,6-7,15H,4-5,8-12H2,(H,23,29)(H,25,28)(H,24,26,27);8H,1-6,13H2,(H,14,15);1-5H,6H2,(H,14,15)(H3,11,12,13);1H. The van der Waals surface area contributed by atoms with E-state index in [1.807, 2.05) is 60.7 Å². The van der Waals surface area contributed by atoms with Crippen molar-refractivity contribution in [2.24, 2.45) is 16.5 Å². The van der Waals surface area contributed by atoms with Crippen LogP contribution in [-0.2, 0) is 65.8 Å². The van der Waals surface area contributed by atoms with E-state index in [2.05, 4.69) is 36.1 Å². The van der Waals surface area contributed by atoms with Crippen LogP contribution < -0.4 is 27.4 Å². The summed E-state index contributed by atoms with van der Waals surface area (Å²) in [6, 6.07) is 18.0. The minimum absolute atomic E-state index is 0. The summed E-state index contributed by atoms with van der Waals surface area (Å²) >= 11 is 0. The number of hydrogen-bond donors (Lipinski definition) is 8. The maximum absolute atomic E-state index is 12.8. The van der Waals surface area contributed by atoms with Gasteiger partial charge in [0.2, 0.25) is 23.5 Å². The molecule has 0 radical (unpaired) electrons. The van der Waals surface area contributed by atoms with Gasteiger partial charge < -0.3 is 41.4 Å². The van der Waals surface area contributed by atoms with Crippen LogP contribution in [0.5, 0.6) is 0 Å². The fraction of sp³-hybridized carbons (Fsp3) is 0.364. The van der Waals surface area contributed by atoms with Crippen LogP contribution in [0.4, 0.5) is 11.4 Å². The summed E-state index contributed by atoms with van der Waals surface area (Å²) in [5.74, 6) is 1.67. The number of aromatic nitrogens is 3. The number of anilines is 2. The summed E-state index contributed by atoms with van der Waals surface area (Å²) in [5, 5.41) is 30.9. The Bertz CT molecular complexity index is 2430. The molecule has 2 aliphatic carbocycles. The Morgan fingerprint density at radius 3 is 1.94 bits per heavy atom. The van der Waals surface area contributed by atoms with Crippen molar-refractivity contribution < 1.29 is 33.1 Å². The highest BCUT2D eigenvalue weighted by Gasteiger charge is 2.32. The number of nitrogens with one attached hydrogen (secondary N) is 5. The first-order valence-corrected chi connectivity index (χ1v) is 20.6. The number of carboxylic acid groups (broad SMARTS) is 1. The van der Waals surface area contributed by atoms with E-state index in [1.54, 1.807) is 0 Å². The van der Waals surface area contributed by atoms with Crippen molar-refractivity contribution in [1.82, 2.24) is 20.5 Å². The Kier molecular flexibility index (Phi) is 15.1. The molecule has 18 heteroatoms. The molecule has 5 heterocycles. The summed E-state index contributed by atoms with van der Waals surface area (Å²) in [5.41, 5.74) is 17.3. The van der Waals surface area contributed by atoms with Gasteiger partial charge in [0.25, 0.3) is 5.91 Å². The predicted molar refractivity (Wildman–Crippen MR) is 234 cm³/mol. The number of amidine groups is 2. The van der Waals surface area contributed by atoms with Crippen molar-refractivity contribution in [3.8, 4) is 0 Å². The molecule has 5 aromatic rings. The van der Waals surface area contributed by atoms with Gasteiger partial charge in [0.05, 0.1) is 17.4 Å². The average molecular weight is 867 g/mol. The number of nitrogens with two attached hydrogens (primary N) is 2. The third-order valence-electron chi connectivity index (χ3n) is 10.9. The number of aliphatic carboxylic acids is 1. The van der Waals surface area contributed by atoms with Crippen LogP contribution in [0, 0.1) is 5.41 Å². The lowest BCUT2D eigenvalue weighted by molar-refractivity contribution is -0.129. The molecule has 0 fully saturated rings.